The molecule has 0 unspecified atom stereocenters. The average molecular weight is 685 g/mol. The van der Waals surface area contributed by atoms with Gasteiger partial charge in [0.25, 0.3) is 0 Å². The fourth-order valence-electron chi connectivity index (χ4n) is 4.92. The Morgan fingerprint density at radius 2 is 0.646 bits per heavy atom. The van der Waals surface area contributed by atoms with Gasteiger partial charge >= 0.3 is 0 Å². The lowest BCUT2D eigenvalue weighted by Gasteiger charge is -2.31. The number of nitrogens with one attached hydrogen (secondary N) is 3. The molecular formula is C39H84N6O3. The normalized spacial score (nSPS) is 14.9. The van der Waals surface area contributed by atoms with E-state index in [1.54, 1.807) is 0 Å². The van der Waals surface area contributed by atoms with Crippen LogP contribution in [0.1, 0.15) is 163 Å². The van der Waals surface area contributed by atoms with Gasteiger partial charge in [0.1, 0.15) is 0 Å². The van der Waals surface area contributed by atoms with Gasteiger partial charge < -0.3 is 33.2 Å². The Morgan fingerprint density at radius 3 is 0.854 bits per heavy atom. The molecule has 9 N–H and O–H groups in total. The molecule has 0 rings (SSSR count). The first-order valence-corrected chi connectivity index (χ1v) is 18.3. The molecule has 0 heterocycles. The second kappa shape index (κ2) is 21.9. The van der Waals surface area contributed by atoms with Crippen molar-refractivity contribution in [1.82, 2.24) is 16.0 Å². The van der Waals surface area contributed by atoms with E-state index in [2.05, 4.69) is 78.3 Å². The summed E-state index contributed by atoms with van der Waals surface area (Å²) < 4.78 is 0. The molecule has 0 spiro atoms. The highest BCUT2D eigenvalue weighted by molar-refractivity contribution is 5.89. The summed E-state index contributed by atoms with van der Waals surface area (Å²) in [6, 6.07) is -0.264. The highest BCUT2D eigenvalue weighted by Crippen LogP contribution is 2.22. The van der Waals surface area contributed by atoms with Gasteiger partial charge in [-0.05, 0) is 114 Å². The van der Waals surface area contributed by atoms with Crippen LogP contribution in [0.15, 0.2) is 0 Å². The maximum Gasteiger partial charge on any atom is 0.155 e. The molecule has 0 aliphatic heterocycles. The minimum absolute atomic E-state index is 0.0334. The van der Waals surface area contributed by atoms with Crippen molar-refractivity contribution in [3.8, 4) is 0 Å². The zero-order valence-electron chi connectivity index (χ0n) is 35.1. The maximum atomic E-state index is 12.3. The first-order valence-electron chi connectivity index (χ1n) is 18.3. The van der Waals surface area contributed by atoms with Crippen molar-refractivity contribution >= 4 is 17.3 Å². The van der Waals surface area contributed by atoms with Gasteiger partial charge in [-0.25, -0.2) is 0 Å². The molecule has 3 atom stereocenters. The van der Waals surface area contributed by atoms with Crippen LogP contribution in [0.5, 0.6) is 0 Å². The van der Waals surface area contributed by atoms with Gasteiger partial charge in [0, 0.05) is 32.9 Å². The first kappa shape index (κ1) is 51.1. The average Bonchev–Trinajstić information content (AvgIpc) is 2.86. The van der Waals surface area contributed by atoms with Crippen molar-refractivity contribution in [3.05, 3.63) is 0 Å². The third kappa shape index (κ3) is 27.6. The summed E-state index contributed by atoms with van der Waals surface area (Å²) in [7, 11) is 0. The van der Waals surface area contributed by atoms with Crippen LogP contribution in [0, 0.1) is 16.2 Å². The fraction of sp³-hybridized carbons (Fsp3) is 0.923. The van der Waals surface area contributed by atoms with E-state index in [1.807, 2.05) is 62.3 Å². The van der Waals surface area contributed by atoms with Gasteiger partial charge in [-0.15, -0.1) is 0 Å². The Bertz CT molecular complexity index is 907. The van der Waals surface area contributed by atoms with E-state index in [0.29, 0.717) is 31.8 Å². The summed E-state index contributed by atoms with van der Waals surface area (Å²) in [5, 5.41) is 10.2. The highest BCUT2D eigenvalue weighted by Gasteiger charge is 2.33. The zero-order chi connectivity index (χ0) is 38.9. The Morgan fingerprint density at radius 1 is 0.396 bits per heavy atom. The Labute approximate surface area is 298 Å². The van der Waals surface area contributed by atoms with Gasteiger partial charge in [0.05, 0.1) is 18.1 Å². The molecule has 0 aromatic heterocycles. The molecule has 0 fully saturated rings. The van der Waals surface area contributed by atoms with E-state index in [1.165, 1.54) is 0 Å². The molecule has 48 heavy (non-hydrogen) atoms. The summed E-state index contributed by atoms with van der Waals surface area (Å²) in [6.45, 7) is 38.3. The van der Waals surface area contributed by atoms with Gasteiger partial charge in [0.2, 0.25) is 0 Å². The molecule has 288 valence electrons. The van der Waals surface area contributed by atoms with Crippen LogP contribution in [-0.2, 0) is 14.4 Å². The molecule has 0 amide bonds. The number of nitrogens with two attached hydrogens (primary N) is 3. The van der Waals surface area contributed by atoms with E-state index in [4.69, 9.17) is 17.2 Å². The van der Waals surface area contributed by atoms with Crippen LogP contribution in [0.3, 0.4) is 0 Å². The third-order valence-electron chi connectivity index (χ3n) is 7.09. The number of hydrogen-bond acceptors (Lipinski definition) is 9. The second-order valence-corrected chi connectivity index (χ2v) is 19.5. The summed E-state index contributed by atoms with van der Waals surface area (Å²) in [6.07, 6.45) is 5.28. The summed E-state index contributed by atoms with van der Waals surface area (Å²) in [5.41, 5.74) is 15.5. The van der Waals surface area contributed by atoms with Crippen molar-refractivity contribution < 1.29 is 14.4 Å². The van der Waals surface area contributed by atoms with Crippen molar-refractivity contribution in [1.29, 1.82) is 0 Å². The highest BCUT2D eigenvalue weighted by atomic mass is 16.1. The number of unbranched alkanes of at least 4 members (excludes halogenated alkanes) is 1. The number of hydrogen-bond donors (Lipinski definition) is 6. The van der Waals surface area contributed by atoms with E-state index in [0.717, 1.165) is 32.1 Å². The van der Waals surface area contributed by atoms with Crippen LogP contribution in [-0.4, -0.2) is 71.7 Å². The lowest BCUT2D eigenvalue weighted by molar-refractivity contribution is -0.129. The first-order chi connectivity index (χ1) is 21.2. The van der Waals surface area contributed by atoms with Gasteiger partial charge in [-0.1, -0.05) is 68.7 Å². The number of Topliss-reactive ketones (excluding diaryl/α,β-unsaturated/α-hetero) is 3. The molecule has 0 aromatic carbocycles. The SMILES string of the molecule is CC(C)(C)N[C@@H](CCCCN)C(=O)C(C)(C)C.CC(C)(C)N[C@@H](CCCN)C(=O)C(C)(C)C.CC(C)(C)N[C@@H](CCN)C(=O)C(C)(C)C. The quantitative estimate of drug-likeness (QED) is 0.109. The predicted octanol–water partition coefficient (Wildman–Crippen LogP) is 6.29. The van der Waals surface area contributed by atoms with Crippen LogP contribution in [0.25, 0.3) is 0 Å². The molecule has 0 saturated heterocycles. The summed E-state index contributed by atoms with van der Waals surface area (Å²) >= 11 is 0. The molecule has 0 bridgehead atoms. The standard InChI is InChI=1S/C14H30N2O.C13H28N2O.C12H26N2O/c1-13(2,3)12(17)11(9-7-8-10-15)16-14(4,5)6;1-12(2,3)11(16)10(8-7-9-14)15-13(4,5)6;1-11(2,3)10(15)9(7-8-13)14-12(4,5)6/h11,16H,7-10,15H2,1-6H3;10,15H,7-9,14H2,1-6H3;9,14H,7-8,13H2,1-6H3/t11-;10-;9-/m000/s1. The monoisotopic (exact) mass is 685 g/mol. The van der Waals surface area contributed by atoms with Gasteiger partial charge in [-0.3, -0.25) is 14.4 Å². The Hall–Kier alpha value is -1.23. The summed E-state index contributed by atoms with van der Waals surface area (Å²) in [5.74, 6) is 0.809. The Kier molecular flexibility index (Phi) is 23.3. The summed E-state index contributed by atoms with van der Waals surface area (Å²) in [4.78, 5) is 36.7. The van der Waals surface area contributed by atoms with Crippen LogP contribution in [0.4, 0.5) is 0 Å². The molecule has 9 heteroatoms. The van der Waals surface area contributed by atoms with Crippen molar-refractivity contribution in [2.45, 2.75) is 198 Å². The molecule has 9 nitrogen and oxygen atoms in total. The van der Waals surface area contributed by atoms with Crippen LogP contribution >= 0.6 is 0 Å². The van der Waals surface area contributed by atoms with Crippen molar-refractivity contribution in [2.24, 2.45) is 33.4 Å². The molecule has 0 radical (unpaired) electrons. The van der Waals surface area contributed by atoms with Gasteiger partial charge in [-0.2, -0.15) is 0 Å². The molecule has 0 aliphatic rings. The maximum absolute atomic E-state index is 12.3. The van der Waals surface area contributed by atoms with E-state index < -0.39 is 0 Å². The minimum atomic E-state index is -0.307. The zero-order valence-corrected chi connectivity index (χ0v) is 35.1. The predicted molar refractivity (Wildman–Crippen MR) is 208 cm³/mol. The molecule has 0 aromatic rings. The fourth-order valence-corrected chi connectivity index (χ4v) is 4.92. The van der Waals surface area contributed by atoms with E-state index in [-0.39, 0.29) is 62.6 Å². The topological polar surface area (TPSA) is 165 Å². The van der Waals surface area contributed by atoms with Gasteiger partial charge in [0.15, 0.2) is 17.3 Å². The molecule has 0 saturated carbocycles. The minimum Gasteiger partial charge on any atom is -0.330 e. The lowest BCUT2D eigenvalue weighted by Crippen LogP contribution is -2.51. The molecular weight excluding hydrogens is 600 g/mol. The number of carbonyl (C=O) groups excluding carboxylic acids is 3. The molecule has 0 aliphatic carbocycles. The lowest BCUT2D eigenvalue weighted by atomic mass is 9.84. The number of rotatable bonds is 15. The third-order valence-corrected chi connectivity index (χ3v) is 7.09. The smallest absolute Gasteiger partial charge is 0.155 e. The number of carbonyl (C=O) groups is 3. The number of ketones is 3. The van der Waals surface area contributed by atoms with Crippen LogP contribution in [0.2, 0.25) is 0 Å². The van der Waals surface area contributed by atoms with E-state index >= 15 is 0 Å². The van der Waals surface area contributed by atoms with Crippen molar-refractivity contribution in [2.75, 3.05) is 19.6 Å². The van der Waals surface area contributed by atoms with Crippen molar-refractivity contribution in [3.63, 3.8) is 0 Å². The Balaban J connectivity index is -0.000000634. The second-order valence-electron chi connectivity index (χ2n) is 19.5. The van der Waals surface area contributed by atoms with Crippen LogP contribution < -0.4 is 33.2 Å². The van der Waals surface area contributed by atoms with E-state index in [9.17, 15) is 14.4 Å². The largest absolute Gasteiger partial charge is 0.330 e.